The molecule has 0 bridgehead atoms. The lowest BCUT2D eigenvalue weighted by atomic mass is 10.1. The van der Waals surface area contributed by atoms with Crippen LogP contribution in [0.1, 0.15) is 30.4 Å². The normalized spacial score (nSPS) is 11.0. The molecule has 0 radical (unpaired) electrons. The van der Waals surface area contributed by atoms with Gasteiger partial charge in [0.05, 0.1) is 32.1 Å². The number of fused-ring (bicyclic) bond motifs is 1. The largest absolute Gasteiger partial charge is 0.493 e. The van der Waals surface area contributed by atoms with E-state index in [1.54, 1.807) is 31.5 Å². The molecule has 0 atom stereocenters. The first-order valence-electron chi connectivity index (χ1n) is 12.5. The Labute approximate surface area is 233 Å². The molecule has 3 aromatic heterocycles. The average molecular weight is 557 g/mol. The van der Waals surface area contributed by atoms with Gasteiger partial charge in [0.2, 0.25) is 11.4 Å². The smallest absolute Gasteiger partial charge is 0.282 e. The Bertz CT molecular complexity index is 1790. The number of amides is 1. The Hall–Kier alpha value is -5.39. The van der Waals surface area contributed by atoms with Crippen LogP contribution in [-0.4, -0.2) is 44.9 Å². The number of methoxy groups -OCH3 is 2. The molecule has 12 heteroatoms. The highest BCUT2D eigenvalue weighted by molar-refractivity contribution is 6.02. The van der Waals surface area contributed by atoms with Crippen LogP contribution in [0.15, 0.2) is 72.0 Å². The fraction of sp³-hybridized carbons (Fsp3) is 0.172. The minimum Gasteiger partial charge on any atom is -0.493 e. The highest BCUT2D eigenvalue weighted by atomic mass is 19.1. The maximum atomic E-state index is 13.4. The molecule has 0 aliphatic carbocycles. The van der Waals surface area contributed by atoms with Gasteiger partial charge in [-0.2, -0.15) is 5.10 Å². The summed E-state index contributed by atoms with van der Waals surface area (Å²) in [4.78, 5) is 39.0. The van der Waals surface area contributed by atoms with Crippen molar-refractivity contribution in [1.82, 2.24) is 24.7 Å². The van der Waals surface area contributed by atoms with Gasteiger partial charge in [-0.1, -0.05) is 12.1 Å². The standard InChI is InChI=1S/C29H25FN6O5/c1-16(2)36-15-21(17-5-7-18(30)8-6-17)27(37)26(35-36)28(38)34-29-32-13-19(14-33-29)41-23-9-10-31-22-12-25(40-4)24(39-3)11-20(22)23/h5-16H,1-4H3,(H,32,33,34,38). The maximum Gasteiger partial charge on any atom is 0.282 e. The van der Waals surface area contributed by atoms with E-state index in [0.29, 0.717) is 39.5 Å². The topological polar surface area (TPSA) is 130 Å². The van der Waals surface area contributed by atoms with Crippen LogP contribution in [0.4, 0.5) is 10.3 Å². The number of halogens is 1. The third-order valence-corrected chi connectivity index (χ3v) is 6.12. The van der Waals surface area contributed by atoms with Gasteiger partial charge in [0.1, 0.15) is 11.6 Å². The molecule has 1 amide bonds. The van der Waals surface area contributed by atoms with Crippen LogP contribution in [-0.2, 0) is 0 Å². The number of benzene rings is 2. The zero-order valence-corrected chi connectivity index (χ0v) is 22.6. The van der Waals surface area contributed by atoms with Crippen LogP contribution in [0.3, 0.4) is 0 Å². The predicted molar refractivity (Wildman–Crippen MR) is 149 cm³/mol. The van der Waals surface area contributed by atoms with Crippen molar-refractivity contribution in [3.05, 3.63) is 89.0 Å². The van der Waals surface area contributed by atoms with E-state index >= 15 is 0 Å². The minimum atomic E-state index is -0.789. The van der Waals surface area contributed by atoms with Crippen molar-refractivity contribution in [1.29, 1.82) is 0 Å². The van der Waals surface area contributed by atoms with E-state index in [-0.39, 0.29) is 23.2 Å². The second-order valence-corrected chi connectivity index (χ2v) is 9.13. The van der Waals surface area contributed by atoms with Gasteiger partial charge in [0.15, 0.2) is 22.9 Å². The summed E-state index contributed by atoms with van der Waals surface area (Å²) in [6, 6.07) is 10.5. The molecule has 0 saturated carbocycles. The summed E-state index contributed by atoms with van der Waals surface area (Å²) < 4.78 is 31.6. The Morgan fingerprint density at radius 3 is 2.29 bits per heavy atom. The van der Waals surface area contributed by atoms with Crippen molar-refractivity contribution in [2.75, 3.05) is 19.5 Å². The highest BCUT2D eigenvalue weighted by Crippen LogP contribution is 2.36. The highest BCUT2D eigenvalue weighted by Gasteiger charge is 2.20. The lowest BCUT2D eigenvalue weighted by molar-refractivity contribution is 0.101. The number of nitrogens with one attached hydrogen (secondary N) is 1. The Morgan fingerprint density at radius 1 is 0.951 bits per heavy atom. The minimum absolute atomic E-state index is 0.0576. The molecule has 0 fully saturated rings. The van der Waals surface area contributed by atoms with Gasteiger partial charge in [0.25, 0.3) is 5.91 Å². The summed E-state index contributed by atoms with van der Waals surface area (Å²) in [5, 5.41) is 7.40. The van der Waals surface area contributed by atoms with Crippen LogP contribution in [0.2, 0.25) is 0 Å². The SMILES string of the molecule is COc1cc2nccc(Oc3cnc(NC(=O)c4nn(C(C)C)cc(-c5ccc(F)cc5)c4=O)nc3)c2cc1OC. The van der Waals surface area contributed by atoms with E-state index in [1.165, 1.54) is 54.6 Å². The lowest BCUT2D eigenvalue weighted by Crippen LogP contribution is -2.28. The molecule has 0 saturated heterocycles. The monoisotopic (exact) mass is 556 g/mol. The number of carbonyl (C=O) groups is 1. The number of carbonyl (C=O) groups excluding carboxylic acids is 1. The lowest BCUT2D eigenvalue weighted by Gasteiger charge is -2.14. The van der Waals surface area contributed by atoms with Gasteiger partial charge in [-0.15, -0.1) is 0 Å². The number of ether oxygens (including phenoxy) is 3. The van der Waals surface area contributed by atoms with E-state index in [4.69, 9.17) is 14.2 Å². The molecule has 2 aromatic carbocycles. The summed E-state index contributed by atoms with van der Waals surface area (Å²) in [6.07, 6.45) is 5.89. The summed E-state index contributed by atoms with van der Waals surface area (Å²) >= 11 is 0. The molecule has 0 spiro atoms. The van der Waals surface area contributed by atoms with Crippen molar-refractivity contribution in [3.63, 3.8) is 0 Å². The molecular formula is C29H25FN6O5. The van der Waals surface area contributed by atoms with Crippen LogP contribution in [0, 0.1) is 5.82 Å². The quantitative estimate of drug-likeness (QED) is 0.280. The number of rotatable bonds is 8. The Morgan fingerprint density at radius 2 is 1.63 bits per heavy atom. The molecule has 0 aliphatic rings. The van der Waals surface area contributed by atoms with Crippen molar-refractivity contribution in [2.24, 2.45) is 0 Å². The van der Waals surface area contributed by atoms with Crippen LogP contribution < -0.4 is 25.0 Å². The van der Waals surface area contributed by atoms with Crippen LogP contribution >= 0.6 is 0 Å². The summed E-state index contributed by atoms with van der Waals surface area (Å²) in [6.45, 7) is 3.71. The van der Waals surface area contributed by atoms with Crippen molar-refractivity contribution in [2.45, 2.75) is 19.9 Å². The van der Waals surface area contributed by atoms with Crippen LogP contribution in [0.25, 0.3) is 22.0 Å². The fourth-order valence-electron chi connectivity index (χ4n) is 4.01. The number of pyridine rings is 1. The second kappa shape index (κ2) is 11.4. The van der Waals surface area contributed by atoms with E-state index < -0.39 is 17.2 Å². The number of anilines is 1. The number of hydrogen-bond donors (Lipinski definition) is 1. The first-order chi connectivity index (χ1) is 19.8. The average Bonchev–Trinajstić information content (AvgIpc) is 2.98. The maximum absolute atomic E-state index is 13.4. The van der Waals surface area contributed by atoms with E-state index in [1.807, 2.05) is 13.8 Å². The Kier molecular flexibility index (Phi) is 7.55. The molecule has 5 rings (SSSR count). The van der Waals surface area contributed by atoms with Crippen LogP contribution in [0.5, 0.6) is 23.0 Å². The van der Waals surface area contributed by atoms with E-state index in [0.717, 1.165) is 0 Å². The van der Waals surface area contributed by atoms with Gasteiger partial charge in [-0.05, 0) is 43.7 Å². The molecule has 11 nitrogen and oxygen atoms in total. The molecule has 5 aromatic rings. The van der Waals surface area contributed by atoms with E-state index in [9.17, 15) is 14.0 Å². The molecule has 0 unspecified atom stereocenters. The summed E-state index contributed by atoms with van der Waals surface area (Å²) in [5.41, 5.74) is 0.342. The molecule has 0 aliphatic heterocycles. The summed E-state index contributed by atoms with van der Waals surface area (Å²) in [7, 11) is 3.08. The number of aromatic nitrogens is 5. The zero-order chi connectivity index (χ0) is 29.1. The first-order valence-corrected chi connectivity index (χ1v) is 12.5. The molecular weight excluding hydrogens is 531 g/mol. The van der Waals surface area contributed by atoms with Gasteiger partial charge in [-0.3, -0.25) is 24.6 Å². The molecule has 41 heavy (non-hydrogen) atoms. The van der Waals surface area contributed by atoms with E-state index in [2.05, 4.69) is 25.4 Å². The van der Waals surface area contributed by atoms with Gasteiger partial charge in [0, 0.05) is 35.5 Å². The van der Waals surface area contributed by atoms with Gasteiger partial charge < -0.3 is 14.2 Å². The third-order valence-electron chi connectivity index (χ3n) is 6.12. The van der Waals surface area contributed by atoms with Crippen molar-refractivity contribution in [3.8, 4) is 34.1 Å². The van der Waals surface area contributed by atoms with Crippen molar-refractivity contribution < 1.29 is 23.4 Å². The second-order valence-electron chi connectivity index (χ2n) is 9.13. The zero-order valence-electron chi connectivity index (χ0n) is 22.6. The number of nitrogens with zero attached hydrogens (tertiary/aromatic N) is 5. The Balaban J connectivity index is 1.39. The third kappa shape index (κ3) is 5.66. The molecule has 3 heterocycles. The summed E-state index contributed by atoms with van der Waals surface area (Å²) in [5.74, 6) is 0.538. The number of hydrogen-bond acceptors (Lipinski definition) is 9. The fourth-order valence-corrected chi connectivity index (χ4v) is 4.01. The van der Waals surface area contributed by atoms with Gasteiger partial charge >= 0.3 is 0 Å². The first kappa shape index (κ1) is 27.2. The van der Waals surface area contributed by atoms with Crippen molar-refractivity contribution >= 4 is 22.8 Å². The molecule has 1 N–H and O–H groups in total. The predicted octanol–water partition coefficient (Wildman–Crippen LogP) is 5.03. The van der Waals surface area contributed by atoms with Gasteiger partial charge in [-0.25, -0.2) is 14.4 Å². The molecule has 208 valence electrons.